The molecule has 4 aromatic rings. The van der Waals surface area contributed by atoms with Crippen molar-refractivity contribution in [3.05, 3.63) is 76.8 Å². The largest absolute Gasteiger partial charge is 0.508 e. The minimum atomic E-state index is -0.768. The molecule has 2 aromatic carbocycles. The van der Waals surface area contributed by atoms with Gasteiger partial charge in [0.05, 0.1) is 28.8 Å². The Bertz CT molecular complexity index is 1400. The molecule has 2 N–H and O–H groups in total. The van der Waals surface area contributed by atoms with Crippen molar-refractivity contribution >= 4 is 28.7 Å². The smallest absolute Gasteiger partial charge is 0.411 e. The number of esters is 1. The molecule has 166 valence electrons. The number of anilines is 1. The van der Waals surface area contributed by atoms with Gasteiger partial charge in [-0.3, -0.25) is 15.1 Å². The van der Waals surface area contributed by atoms with E-state index in [1.165, 1.54) is 48.8 Å². The van der Waals surface area contributed by atoms with Gasteiger partial charge in [0.2, 0.25) is 5.89 Å². The first-order valence-corrected chi connectivity index (χ1v) is 9.79. The summed E-state index contributed by atoms with van der Waals surface area (Å²) in [5.74, 6) is -0.746. The van der Waals surface area contributed by atoms with Crippen molar-refractivity contribution in [1.29, 1.82) is 0 Å². The van der Waals surface area contributed by atoms with E-state index in [4.69, 9.17) is 13.9 Å². The number of benzene rings is 2. The lowest BCUT2D eigenvalue weighted by Gasteiger charge is -2.12. The van der Waals surface area contributed by atoms with Crippen molar-refractivity contribution in [2.75, 3.05) is 11.9 Å². The summed E-state index contributed by atoms with van der Waals surface area (Å²) < 4.78 is 16.0. The number of phenolic OH excluding ortho intramolecular Hbond substituents is 1. The molecular formula is C23H17N3O7. The summed E-state index contributed by atoms with van der Waals surface area (Å²) in [6.07, 6.45) is 2.12. The van der Waals surface area contributed by atoms with Crippen LogP contribution in [-0.2, 0) is 4.74 Å². The summed E-state index contributed by atoms with van der Waals surface area (Å²) in [4.78, 5) is 44.7. The predicted octanol–water partition coefficient (Wildman–Crippen LogP) is 3.74. The molecule has 0 aliphatic heterocycles. The fraction of sp³-hybridized carbons (Fsp3) is 0.0870. The van der Waals surface area contributed by atoms with Crippen LogP contribution in [0.5, 0.6) is 11.5 Å². The second-order valence-corrected chi connectivity index (χ2v) is 6.69. The molecule has 0 saturated carbocycles. The number of carbonyl (C=O) groups excluding carboxylic acids is 2. The number of carbonyl (C=O) groups is 2. The third-order valence-corrected chi connectivity index (χ3v) is 4.45. The quantitative estimate of drug-likeness (QED) is 0.346. The summed E-state index contributed by atoms with van der Waals surface area (Å²) in [5, 5.41) is 12.4. The Morgan fingerprint density at radius 2 is 2.00 bits per heavy atom. The zero-order valence-corrected chi connectivity index (χ0v) is 17.3. The molecule has 4 rings (SSSR count). The number of ether oxygens (including phenoxy) is 2. The number of pyridine rings is 1. The Morgan fingerprint density at radius 3 is 2.76 bits per heavy atom. The van der Waals surface area contributed by atoms with Crippen LogP contribution in [0.15, 0.2) is 70.1 Å². The van der Waals surface area contributed by atoms with Gasteiger partial charge in [-0.05, 0) is 43.3 Å². The first kappa shape index (κ1) is 21.5. The molecule has 0 saturated heterocycles. The number of aromatic nitrogens is 2. The van der Waals surface area contributed by atoms with E-state index in [2.05, 4.69) is 15.3 Å². The van der Waals surface area contributed by atoms with Crippen LogP contribution >= 0.6 is 0 Å². The maximum atomic E-state index is 12.4. The molecule has 0 aliphatic rings. The number of rotatable bonds is 5. The van der Waals surface area contributed by atoms with Crippen LogP contribution in [0.25, 0.3) is 22.4 Å². The molecule has 1 amide bonds. The minimum absolute atomic E-state index is 0.0923. The highest BCUT2D eigenvalue weighted by Gasteiger charge is 2.18. The van der Waals surface area contributed by atoms with Crippen molar-refractivity contribution in [1.82, 2.24) is 9.97 Å². The molecule has 0 atom stereocenters. The van der Waals surface area contributed by atoms with Gasteiger partial charge >= 0.3 is 12.1 Å². The van der Waals surface area contributed by atoms with Crippen LogP contribution in [-0.4, -0.2) is 33.7 Å². The fourth-order valence-electron chi connectivity index (χ4n) is 2.97. The fourth-order valence-corrected chi connectivity index (χ4v) is 2.97. The van der Waals surface area contributed by atoms with Crippen molar-refractivity contribution in [3.8, 4) is 23.0 Å². The third kappa shape index (κ3) is 4.79. The van der Waals surface area contributed by atoms with E-state index in [0.717, 1.165) is 0 Å². The first-order chi connectivity index (χ1) is 15.9. The number of amides is 1. The van der Waals surface area contributed by atoms with E-state index in [9.17, 15) is 19.5 Å². The van der Waals surface area contributed by atoms with Gasteiger partial charge in [-0.25, -0.2) is 9.59 Å². The summed E-state index contributed by atoms with van der Waals surface area (Å²) in [6.45, 7) is 1.77. The van der Waals surface area contributed by atoms with Gasteiger partial charge in [-0.15, -0.1) is 0 Å². The van der Waals surface area contributed by atoms with Gasteiger partial charge in [0, 0.05) is 24.5 Å². The minimum Gasteiger partial charge on any atom is -0.508 e. The highest BCUT2D eigenvalue weighted by molar-refractivity contribution is 5.93. The van der Waals surface area contributed by atoms with Gasteiger partial charge in [0.25, 0.3) is 5.56 Å². The number of nitrogens with zero attached hydrogens (tertiary/aromatic N) is 2. The van der Waals surface area contributed by atoms with E-state index in [1.807, 2.05) is 0 Å². The van der Waals surface area contributed by atoms with Gasteiger partial charge in [0.1, 0.15) is 17.1 Å². The van der Waals surface area contributed by atoms with Gasteiger partial charge < -0.3 is 19.0 Å². The molecule has 33 heavy (non-hydrogen) atoms. The van der Waals surface area contributed by atoms with E-state index >= 15 is 0 Å². The SMILES string of the molecule is CCOC(=O)Nc1cc(OC(=O)c2cccnc2)ccc1-c1nc(=O)c2ccc(O)cc2o1. The van der Waals surface area contributed by atoms with Gasteiger partial charge in [-0.2, -0.15) is 4.98 Å². The standard InChI is InChI=1S/C23H17N3O7/c1-2-31-23(30)25-18-11-15(32-22(29)13-4-3-9-24-12-13)6-8-16(18)21-26-20(28)17-7-5-14(27)10-19(17)33-21/h3-12,27H,2H2,1H3,(H,25,30). The summed E-state index contributed by atoms with van der Waals surface area (Å²) in [5.41, 5.74) is 0.120. The van der Waals surface area contributed by atoms with Crippen LogP contribution in [0.2, 0.25) is 0 Å². The number of nitrogens with one attached hydrogen (secondary N) is 1. The normalized spacial score (nSPS) is 10.6. The van der Waals surface area contributed by atoms with E-state index < -0.39 is 17.6 Å². The summed E-state index contributed by atoms with van der Waals surface area (Å²) >= 11 is 0. The van der Waals surface area contributed by atoms with Crippen LogP contribution < -0.4 is 15.6 Å². The highest BCUT2D eigenvalue weighted by atomic mass is 16.5. The molecular weight excluding hydrogens is 430 g/mol. The maximum Gasteiger partial charge on any atom is 0.411 e. The molecule has 0 unspecified atom stereocenters. The van der Waals surface area contributed by atoms with Crippen LogP contribution in [0, 0.1) is 0 Å². The summed E-state index contributed by atoms with van der Waals surface area (Å²) in [7, 11) is 0. The second-order valence-electron chi connectivity index (χ2n) is 6.69. The molecule has 0 fully saturated rings. The van der Waals surface area contributed by atoms with E-state index in [1.54, 1.807) is 19.1 Å². The Morgan fingerprint density at radius 1 is 1.15 bits per heavy atom. The number of fused-ring (bicyclic) bond motifs is 1. The zero-order chi connectivity index (χ0) is 23.4. The number of aromatic hydroxyl groups is 1. The molecule has 2 heterocycles. The molecule has 0 bridgehead atoms. The highest BCUT2D eigenvalue weighted by Crippen LogP contribution is 2.32. The number of hydrogen-bond donors (Lipinski definition) is 2. The van der Waals surface area contributed by atoms with Crippen molar-refractivity contribution in [3.63, 3.8) is 0 Å². The molecule has 0 aliphatic carbocycles. The molecule has 10 nitrogen and oxygen atoms in total. The lowest BCUT2D eigenvalue weighted by molar-refractivity contribution is 0.0734. The monoisotopic (exact) mass is 447 g/mol. The van der Waals surface area contributed by atoms with Crippen LogP contribution in [0.1, 0.15) is 17.3 Å². The topological polar surface area (TPSA) is 141 Å². The van der Waals surface area contributed by atoms with Gasteiger partial charge in [0.15, 0.2) is 0 Å². The number of hydrogen-bond acceptors (Lipinski definition) is 9. The average Bonchev–Trinajstić information content (AvgIpc) is 2.79. The Labute approximate surface area is 186 Å². The van der Waals surface area contributed by atoms with Crippen LogP contribution in [0.3, 0.4) is 0 Å². The van der Waals surface area contributed by atoms with Crippen molar-refractivity contribution in [2.45, 2.75) is 6.92 Å². The molecule has 2 aromatic heterocycles. The first-order valence-electron chi connectivity index (χ1n) is 9.79. The lowest BCUT2D eigenvalue weighted by atomic mass is 10.1. The maximum absolute atomic E-state index is 12.4. The average molecular weight is 447 g/mol. The molecule has 0 radical (unpaired) electrons. The Hall–Kier alpha value is -4.73. The Balaban J connectivity index is 1.75. The predicted molar refractivity (Wildman–Crippen MR) is 117 cm³/mol. The summed E-state index contributed by atoms with van der Waals surface area (Å²) in [6, 6.07) is 11.5. The van der Waals surface area contributed by atoms with Crippen molar-refractivity contribution in [2.24, 2.45) is 0 Å². The van der Waals surface area contributed by atoms with E-state index in [0.29, 0.717) is 0 Å². The Kier molecular flexibility index (Phi) is 5.98. The number of phenols is 1. The third-order valence-electron chi connectivity index (χ3n) is 4.45. The molecule has 10 heteroatoms. The van der Waals surface area contributed by atoms with Crippen LogP contribution in [0.4, 0.5) is 10.5 Å². The second kappa shape index (κ2) is 9.18. The van der Waals surface area contributed by atoms with E-state index in [-0.39, 0.29) is 51.8 Å². The zero-order valence-electron chi connectivity index (χ0n) is 17.3. The van der Waals surface area contributed by atoms with Crippen molar-refractivity contribution < 1.29 is 28.6 Å². The molecule has 0 spiro atoms. The van der Waals surface area contributed by atoms with Gasteiger partial charge in [-0.1, -0.05) is 0 Å². The lowest BCUT2D eigenvalue weighted by Crippen LogP contribution is -2.15.